The van der Waals surface area contributed by atoms with Gasteiger partial charge in [0.15, 0.2) is 5.96 Å². The molecule has 1 aliphatic heterocycles. The van der Waals surface area contributed by atoms with E-state index in [1.165, 1.54) is 0 Å². The monoisotopic (exact) mass is 360 g/mol. The van der Waals surface area contributed by atoms with E-state index in [9.17, 15) is 9.59 Å². The Kier molecular flexibility index (Phi) is 6.62. The van der Waals surface area contributed by atoms with Crippen LogP contribution < -0.4 is 11.1 Å². The van der Waals surface area contributed by atoms with E-state index in [4.69, 9.17) is 5.73 Å². The lowest BCUT2D eigenvalue weighted by Crippen LogP contribution is -2.45. The van der Waals surface area contributed by atoms with Gasteiger partial charge in [-0.05, 0) is 38.0 Å². The van der Waals surface area contributed by atoms with Crippen molar-refractivity contribution in [3.63, 3.8) is 0 Å². The smallest absolute Gasteiger partial charge is 0.257 e. The molecule has 144 valence electrons. The molecule has 0 saturated heterocycles. The van der Waals surface area contributed by atoms with E-state index in [-0.39, 0.29) is 17.7 Å². The van der Waals surface area contributed by atoms with Gasteiger partial charge < -0.3 is 11.1 Å². The van der Waals surface area contributed by atoms with Crippen LogP contribution in [-0.2, 0) is 9.59 Å². The second-order valence-electron chi connectivity index (χ2n) is 7.96. The normalized spacial score (nSPS) is 25.5. The molecule has 2 aliphatic rings. The number of hydrogen-bond donors (Lipinski definition) is 2. The number of aliphatic imine (C=N–C) groups is 1. The Morgan fingerprint density at radius 1 is 1.50 bits per heavy atom. The fourth-order valence-corrected chi connectivity index (χ4v) is 3.70. The van der Waals surface area contributed by atoms with Crippen LogP contribution in [-0.4, -0.2) is 41.3 Å². The Labute approximate surface area is 156 Å². The lowest BCUT2D eigenvalue weighted by atomic mass is 9.90. The average Bonchev–Trinajstić information content (AvgIpc) is 2.76. The molecule has 2 rings (SSSR count). The Morgan fingerprint density at radius 2 is 2.23 bits per heavy atom. The predicted molar refractivity (Wildman–Crippen MR) is 104 cm³/mol. The zero-order chi connectivity index (χ0) is 19.3. The van der Waals surface area contributed by atoms with Crippen molar-refractivity contribution >= 4 is 17.8 Å². The van der Waals surface area contributed by atoms with Crippen LogP contribution in [0.5, 0.6) is 0 Å². The van der Waals surface area contributed by atoms with Crippen LogP contribution in [0.4, 0.5) is 0 Å². The van der Waals surface area contributed by atoms with Gasteiger partial charge in [-0.3, -0.25) is 14.5 Å². The number of nitrogens with one attached hydrogen (secondary N) is 1. The summed E-state index contributed by atoms with van der Waals surface area (Å²) < 4.78 is 0. The van der Waals surface area contributed by atoms with E-state index in [0.29, 0.717) is 37.8 Å². The van der Waals surface area contributed by atoms with Crippen LogP contribution >= 0.6 is 0 Å². The topological polar surface area (TPSA) is 87.8 Å². The van der Waals surface area contributed by atoms with Gasteiger partial charge in [0.05, 0.1) is 0 Å². The van der Waals surface area contributed by atoms with Crippen LogP contribution in [0.1, 0.15) is 53.4 Å². The van der Waals surface area contributed by atoms with Gasteiger partial charge >= 0.3 is 0 Å². The SMILES string of the molecule is CCCC(=O)NCC1=CC=CC(CN2C(=O)C(C)(CC(C)C)N=C2N)C1. The summed E-state index contributed by atoms with van der Waals surface area (Å²) in [5.74, 6) is 0.937. The van der Waals surface area contributed by atoms with Crippen molar-refractivity contribution in [2.24, 2.45) is 22.6 Å². The minimum absolute atomic E-state index is 0.00977. The van der Waals surface area contributed by atoms with Crippen molar-refractivity contribution < 1.29 is 9.59 Å². The van der Waals surface area contributed by atoms with E-state index in [2.05, 4.69) is 30.2 Å². The summed E-state index contributed by atoms with van der Waals surface area (Å²) in [4.78, 5) is 30.6. The maximum Gasteiger partial charge on any atom is 0.257 e. The van der Waals surface area contributed by atoms with Crippen LogP contribution in [0.2, 0.25) is 0 Å². The van der Waals surface area contributed by atoms with Crippen LogP contribution in [0.15, 0.2) is 28.8 Å². The zero-order valence-corrected chi connectivity index (χ0v) is 16.4. The summed E-state index contributed by atoms with van der Waals surface area (Å²) >= 11 is 0. The number of nitrogens with zero attached hydrogens (tertiary/aromatic N) is 2. The molecule has 0 spiro atoms. The Bertz CT molecular complexity index is 636. The maximum atomic E-state index is 12.9. The molecule has 0 aromatic carbocycles. The van der Waals surface area contributed by atoms with E-state index < -0.39 is 5.54 Å². The van der Waals surface area contributed by atoms with Crippen molar-refractivity contribution in [1.82, 2.24) is 10.2 Å². The number of hydrogen-bond acceptors (Lipinski definition) is 4. The quantitative estimate of drug-likeness (QED) is 0.696. The maximum absolute atomic E-state index is 12.9. The molecule has 0 radical (unpaired) electrons. The molecular formula is C20H32N4O2. The largest absolute Gasteiger partial charge is 0.369 e. The van der Waals surface area contributed by atoms with E-state index in [1.807, 2.05) is 26.0 Å². The first kappa shape index (κ1) is 20.2. The molecule has 0 fully saturated rings. The average molecular weight is 361 g/mol. The highest BCUT2D eigenvalue weighted by Gasteiger charge is 2.44. The zero-order valence-electron chi connectivity index (χ0n) is 16.4. The van der Waals surface area contributed by atoms with E-state index >= 15 is 0 Å². The summed E-state index contributed by atoms with van der Waals surface area (Å²) in [6, 6.07) is 0. The summed E-state index contributed by atoms with van der Waals surface area (Å²) in [6.07, 6.45) is 9.02. The number of guanidine groups is 1. The highest BCUT2D eigenvalue weighted by molar-refractivity contribution is 6.06. The lowest BCUT2D eigenvalue weighted by molar-refractivity contribution is -0.131. The molecule has 6 nitrogen and oxygen atoms in total. The molecule has 2 amide bonds. The van der Waals surface area contributed by atoms with Crippen molar-refractivity contribution in [2.45, 2.75) is 58.9 Å². The second-order valence-corrected chi connectivity index (χ2v) is 7.96. The highest BCUT2D eigenvalue weighted by atomic mass is 16.2. The van der Waals surface area contributed by atoms with Crippen LogP contribution in [0.25, 0.3) is 0 Å². The van der Waals surface area contributed by atoms with Gasteiger partial charge in [0.2, 0.25) is 5.91 Å². The minimum Gasteiger partial charge on any atom is -0.369 e. The van der Waals surface area contributed by atoms with Gasteiger partial charge in [-0.15, -0.1) is 0 Å². The summed E-state index contributed by atoms with van der Waals surface area (Å²) in [7, 11) is 0. The molecule has 2 atom stereocenters. The second kappa shape index (κ2) is 8.52. The molecule has 0 saturated carbocycles. The highest BCUT2D eigenvalue weighted by Crippen LogP contribution is 2.30. The van der Waals surface area contributed by atoms with E-state index in [0.717, 1.165) is 18.4 Å². The molecule has 26 heavy (non-hydrogen) atoms. The van der Waals surface area contributed by atoms with Crippen molar-refractivity contribution in [3.05, 3.63) is 23.8 Å². The lowest BCUT2D eigenvalue weighted by Gasteiger charge is -2.27. The molecule has 1 heterocycles. The third-order valence-corrected chi connectivity index (χ3v) is 4.80. The minimum atomic E-state index is -0.747. The predicted octanol–water partition coefficient (Wildman–Crippen LogP) is 2.37. The summed E-state index contributed by atoms with van der Waals surface area (Å²) in [5, 5.41) is 2.95. The molecule has 0 aromatic rings. The molecule has 1 aliphatic carbocycles. The van der Waals surface area contributed by atoms with Crippen LogP contribution in [0, 0.1) is 11.8 Å². The summed E-state index contributed by atoms with van der Waals surface area (Å²) in [5.41, 5.74) is 6.48. The fraction of sp³-hybridized carbons (Fsp3) is 0.650. The number of carbonyl (C=O) groups is 2. The standard InChI is InChI=1S/C20H32N4O2/c1-5-7-17(25)22-12-15-8-6-9-16(10-15)13-24-18(26)20(4,11-14(2)3)23-19(24)21/h6,8-9,14,16H,5,7,10-13H2,1-4H3,(H2,21,23)(H,22,25). The first-order chi connectivity index (χ1) is 12.2. The third-order valence-electron chi connectivity index (χ3n) is 4.80. The van der Waals surface area contributed by atoms with Gasteiger partial charge in [-0.25, -0.2) is 4.99 Å². The molecular weight excluding hydrogens is 328 g/mol. The number of allylic oxidation sites excluding steroid dienone is 2. The summed E-state index contributed by atoms with van der Waals surface area (Å²) in [6.45, 7) is 9.11. The van der Waals surface area contributed by atoms with Gasteiger partial charge in [-0.1, -0.05) is 44.6 Å². The Morgan fingerprint density at radius 3 is 2.88 bits per heavy atom. The molecule has 6 heteroatoms. The molecule has 2 unspecified atom stereocenters. The van der Waals surface area contributed by atoms with E-state index in [1.54, 1.807) is 4.90 Å². The van der Waals surface area contributed by atoms with Gasteiger partial charge in [0, 0.05) is 19.5 Å². The number of nitrogens with two attached hydrogens (primary N) is 1. The number of amides is 2. The number of carbonyl (C=O) groups excluding carboxylic acids is 2. The Balaban J connectivity index is 1.93. The van der Waals surface area contributed by atoms with Crippen molar-refractivity contribution in [1.29, 1.82) is 0 Å². The fourth-order valence-electron chi connectivity index (χ4n) is 3.70. The molecule has 0 bridgehead atoms. The van der Waals surface area contributed by atoms with Gasteiger partial charge in [0.25, 0.3) is 5.91 Å². The first-order valence-corrected chi connectivity index (χ1v) is 9.55. The first-order valence-electron chi connectivity index (χ1n) is 9.55. The third kappa shape index (κ3) is 4.96. The number of rotatable bonds is 8. The molecule has 0 aromatic heterocycles. The van der Waals surface area contributed by atoms with Gasteiger partial charge in [-0.2, -0.15) is 0 Å². The Hall–Kier alpha value is -2.11. The van der Waals surface area contributed by atoms with Crippen molar-refractivity contribution in [3.8, 4) is 0 Å². The molecule has 3 N–H and O–H groups in total. The van der Waals surface area contributed by atoms with Crippen LogP contribution in [0.3, 0.4) is 0 Å². The van der Waals surface area contributed by atoms with Crippen molar-refractivity contribution in [2.75, 3.05) is 13.1 Å². The van der Waals surface area contributed by atoms with Gasteiger partial charge in [0.1, 0.15) is 5.54 Å².